The number of pyridine rings is 1. The minimum Gasteiger partial charge on any atom is -0.435 e. The van der Waals surface area contributed by atoms with Crippen molar-refractivity contribution in [2.24, 2.45) is 0 Å². The van der Waals surface area contributed by atoms with Gasteiger partial charge in [-0.05, 0) is 57.4 Å². The maximum Gasteiger partial charge on any atom is 0.237 e. The number of aromatic amines is 2. The summed E-state index contributed by atoms with van der Waals surface area (Å²) in [7, 11) is 4.14. The lowest BCUT2D eigenvalue weighted by Crippen LogP contribution is -2.51. The number of imidazole rings is 1. The van der Waals surface area contributed by atoms with Crippen LogP contribution in [0.25, 0.3) is 33.5 Å². The van der Waals surface area contributed by atoms with Crippen molar-refractivity contribution in [2.45, 2.75) is 19.1 Å². The molecule has 10 nitrogen and oxygen atoms in total. The zero-order valence-corrected chi connectivity index (χ0v) is 21.5. The molecule has 2 aromatic carbocycles. The molecule has 1 fully saturated rings. The van der Waals surface area contributed by atoms with Crippen LogP contribution in [-0.4, -0.2) is 76.0 Å². The molecule has 10 heteroatoms. The van der Waals surface area contributed by atoms with Crippen molar-refractivity contribution >= 4 is 27.6 Å². The Morgan fingerprint density at radius 2 is 2.11 bits per heavy atom. The first-order valence-electron chi connectivity index (χ1n) is 12.5. The van der Waals surface area contributed by atoms with Crippen LogP contribution in [0.5, 0.6) is 11.6 Å². The number of H-pyrrole nitrogens is 2. The molecule has 6 rings (SSSR count). The fourth-order valence-electron chi connectivity index (χ4n) is 4.93. The lowest BCUT2D eigenvalue weighted by Gasteiger charge is -2.40. The van der Waals surface area contributed by atoms with E-state index in [1.807, 2.05) is 24.3 Å². The molecule has 4 heterocycles. The van der Waals surface area contributed by atoms with Crippen molar-refractivity contribution in [1.82, 2.24) is 30.0 Å². The summed E-state index contributed by atoms with van der Waals surface area (Å²) in [5, 5.41) is 17.9. The number of rotatable bonds is 6. The van der Waals surface area contributed by atoms with Crippen molar-refractivity contribution < 1.29 is 9.47 Å². The van der Waals surface area contributed by atoms with E-state index in [0.717, 1.165) is 35.2 Å². The average Bonchev–Trinajstić information content (AvgIpc) is 3.54. The molecule has 1 saturated heterocycles. The van der Waals surface area contributed by atoms with E-state index in [-0.39, 0.29) is 18.0 Å². The number of nitrogens with zero attached hydrogens (tertiary/aromatic N) is 6. The smallest absolute Gasteiger partial charge is 0.237 e. The highest BCUT2D eigenvalue weighted by molar-refractivity contribution is 5.96. The van der Waals surface area contributed by atoms with Gasteiger partial charge in [0.2, 0.25) is 5.88 Å². The summed E-state index contributed by atoms with van der Waals surface area (Å²) < 4.78 is 12.0. The van der Waals surface area contributed by atoms with Crippen LogP contribution in [0.1, 0.15) is 12.5 Å². The highest BCUT2D eigenvalue weighted by Crippen LogP contribution is 2.34. The van der Waals surface area contributed by atoms with E-state index in [0.29, 0.717) is 35.0 Å². The number of hydrogen-bond donors (Lipinski definition) is 2. The van der Waals surface area contributed by atoms with Gasteiger partial charge in [0.25, 0.3) is 0 Å². The fourth-order valence-corrected chi connectivity index (χ4v) is 4.93. The molecule has 0 spiro atoms. The molecular formula is C28H28N8O2. The summed E-state index contributed by atoms with van der Waals surface area (Å²) in [4.78, 5) is 17.0. The predicted octanol–water partition coefficient (Wildman–Crippen LogP) is 4.32. The van der Waals surface area contributed by atoms with Gasteiger partial charge in [0.1, 0.15) is 22.8 Å². The lowest BCUT2D eigenvalue weighted by atomic mass is 10.1. The van der Waals surface area contributed by atoms with Crippen molar-refractivity contribution in [3.63, 3.8) is 0 Å². The number of para-hydroxylation sites is 1. The van der Waals surface area contributed by atoms with Gasteiger partial charge in [-0.1, -0.05) is 12.1 Å². The standard InChI is InChI=1S/C28H28N8O2/c1-17-16-37-20(14-35(2)3)15-36(17)19-9-10-22-23(12-19)32-27(31-22)26-21-7-4-8-24(25(21)33-34-26)38-28-18(13-29)6-5-11-30-28/h4-12,17,20H,14-16H2,1-3H3,(H,31,32)(H,33,34). The van der Waals surface area contributed by atoms with Gasteiger partial charge in [-0.2, -0.15) is 10.4 Å². The van der Waals surface area contributed by atoms with Gasteiger partial charge in [-0.15, -0.1) is 0 Å². The number of nitrogens with one attached hydrogen (secondary N) is 2. The van der Waals surface area contributed by atoms with Crippen molar-refractivity contribution in [2.75, 3.05) is 38.7 Å². The van der Waals surface area contributed by atoms with E-state index in [1.54, 1.807) is 18.3 Å². The number of ether oxygens (including phenoxy) is 2. The highest BCUT2D eigenvalue weighted by Gasteiger charge is 2.27. The van der Waals surface area contributed by atoms with Gasteiger partial charge in [0.05, 0.1) is 23.7 Å². The van der Waals surface area contributed by atoms with Crippen molar-refractivity contribution in [3.8, 4) is 29.2 Å². The maximum absolute atomic E-state index is 9.38. The van der Waals surface area contributed by atoms with Crippen LogP contribution in [0.2, 0.25) is 0 Å². The van der Waals surface area contributed by atoms with Crippen LogP contribution < -0.4 is 9.64 Å². The van der Waals surface area contributed by atoms with E-state index in [9.17, 15) is 5.26 Å². The van der Waals surface area contributed by atoms with Crippen molar-refractivity contribution in [1.29, 1.82) is 5.26 Å². The number of anilines is 1. The minimum atomic E-state index is 0.163. The molecule has 5 aromatic rings. The van der Waals surface area contributed by atoms with Gasteiger partial charge in [0.15, 0.2) is 11.6 Å². The molecule has 0 amide bonds. The Kier molecular flexibility index (Phi) is 6.15. The number of morpholine rings is 1. The third-order valence-corrected chi connectivity index (χ3v) is 6.75. The molecule has 2 N–H and O–H groups in total. The van der Waals surface area contributed by atoms with E-state index < -0.39 is 0 Å². The van der Waals surface area contributed by atoms with E-state index in [4.69, 9.17) is 14.5 Å². The van der Waals surface area contributed by atoms with Gasteiger partial charge >= 0.3 is 0 Å². The summed E-state index contributed by atoms with van der Waals surface area (Å²) in [5.74, 6) is 1.44. The molecular weight excluding hydrogens is 480 g/mol. The Hall–Kier alpha value is -4.46. The van der Waals surface area contributed by atoms with E-state index >= 15 is 0 Å². The number of fused-ring (bicyclic) bond motifs is 2. The number of likely N-dealkylation sites (N-methyl/N-ethyl adjacent to an activating group) is 1. The van der Waals surface area contributed by atoms with Gasteiger partial charge in [0, 0.05) is 36.4 Å². The summed E-state index contributed by atoms with van der Waals surface area (Å²) >= 11 is 0. The van der Waals surface area contributed by atoms with Crippen LogP contribution in [0.3, 0.4) is 0 Å². The van der Waals surface area contributed by atoms with Gasteiger partial charge in [-0.3, -0.25) is 5.10 Å². The van der Waals surface area contributed by atoms with Gasteiger partial charge < -0.3 is 24.3 Å². The zero-order valence-electron chi connectivity index (χ0n) is 21.5. The Balaban J connectivity index is 1.31. The third kappa shape index (κ3) is 4.42. The molecule has 38 heavy (non-hydrogen) atoms. The zero-order chi connectivity index (χ0) is 26.2. The topological polar surface area (TPSA) is 119 Å². The molecule has 1 aliphatic heterocycles. The molecule has 3 aromatic heterocycles. The Morgan fingerprint density at radius 1 is 1.21 bits per heavy atom. The van der Waals surface area contributed by atoms with Crippen LogP contribution in [0, 0.1) is 11.3 Å². The number of hydrogen-bond acceptors (Lipinski definition) is 8. The van der Waals surface area contributed by atoms with E-state index in [1.165, 1.54) is 0 Å². The Bertz CT molecular complexity index is 1650. The maximum atomic E-state index is 9.38. The van der Waals surface area contributed by atoms with E-state index in [2.05, 4.69) is 69.2 Å². The second-order valence-electron chi connectivity index (χ2n) is 9.83. The quantitative estimate of drug-likeness (QED) is 0.348. The monoisotopic (exact) mass is 508 g/mol. The van der Waals surface area contributed by atoms with Crippen LogP contribution in [0.15, 0.2) is 54.7 Å². The number of benzene rings is 2. The highest BCUT2D eigenvalue weighted by atomic mass is 16.5. The predicted molar refractivity (Wildman–Crippen MR) is 145 cm³/mol. The second-order valence-corrected chi connectivity index (χ2v) is 9.83. The molecule has 2 atom stereocenters. The molecule has 1 aliphatic rings. The SMILES string of the molecule is CC1COC(CN(C)C)CN1c1ccc2nc(-c3n[nH]c4c(Oc5ncccc5C#N)cccc34)[nH]c2c1. The summed E-state index contributed by atoms with van der Waals surface area (Å²) in [5.41, 5.74) is 4.70. The third-order valence-electron chi connectivity index (χ3n) is 6.75. The number of nitriles is 1. The van der Waals surface area contributed by atoms with Gasteiger partial charge in [-0.25, -0.2) is 9.97 Å². The van der Waals surface area contributed by atoms with Crippen molar-refractivity contribution in [3.05, 3.63) is 60.3 Å². The molecule has 0 radical (unpaired) electrons. The summed E-state index contributed by atoms with van der Waals surface area (Å²) in [6, 6.07) is 17.7. The fraction of sp³-hybridized carbons (Fsp3) is 0.286. The van der Waals surface area contributed by atoms with Crippen LogP contribution in [-0.2, 0) is 4.74 Å². The first-order valence-corrected chi connectivity index (χ1v) is 12.5. The summed E-state index contributed by atoms with van der Waals surface area (Å²) in [6.45, 7) is 4.61. The molecule has 192 valence electrons. The molecule has 2 unspecified atom stereocenters. The molecule has 0 aliphatic carbocycles. The second kappa shape index (κ2) is 9.78. The largest absolute Gasteiger partial charge is 0.435 e. The summed E-state index contributed by atoms with van der Waals surface area (Å²) in [6.07, 6.45) is 1.76. The molecule has 0 bridgehead atoms. The Morgan fingerprint density at radius 3 is 2.95 bits per heavy atom. The van der Waals surface area contributed by atoms with Crippen LogP contribution in [0.4, 0.5) is 5.69 Å². The average molecular weight is 509 g/mol. The first kappa shape index (κ1) is 23.9. The minimum absolute atomic E-state index is 0.163. The lowest BCUT2D eigenvalue weighted by molar-refractivity contribution is 0.00880. The molecule has 0 saturated carbocycles. The number of aromatic nitrogens is 5. The Labute approximate surface area is 219 Å². The normalized spacial score (nSPS) is 17.8. The first-order chi connectivity index (χ1) is 18.5. The van der Waals surface area contributed by atoms with Crippen LogP contribution >= 0.6 is 0 Å².